The molecule has 6 heteroatoms. The van der Waals surface area contributed by atoms with Crippen LogP contribution < -0.4 is 5.32 Å². The number of carboxylic acids is 1. The average molecular weight is 307 g/mol. The quantitative estimate of drug-likeness (QED) is 0.859. The summed E-state index contributed by atoms with van der Waals surface area (Å²) in [6.07, 6.45) is 0. The Morgan fingerprint density at radius 1 is 1.15 bits per heavy atom. The van der Waals surface area contributed by atoms with Crippen molar-refractivity contribution in [3.05, 3.63) is 52.9 Å². The van der Waals surface area contributed by atoms with E-state index in [2.05, 4.69) is 5.32 Å². The predicted molar refractivity (Wildman–Crippen MR) is 82.5 cm³/mol. The third-order valence-corrected chi connectivity index (χ3v) is 4.42. The Kier molecular flexibility index (Phi) is 5.20. The molecule has 1 aromatic carbocycles. The molecule has 104 valence electrons. The van der Waals surface area contributed by atoms with Gasteiger partial charge in [0.2, 0.25) is 5.91 Å². The molecule has 0 aliphatic heterocycles. The summed E-state index contributed by atoms with van der Waals surface area (Å²) in [5.41, 5.74) is 1.18. The van der Waals surface area contributed by atoms with E-state index in [-0.39, 0.29) is 10.8 Å². The van der Waals surface area contributed by atoms with Crippen molar-refractivity contribution in [2.75, 3.05) is 11.1 Å². The van der Waals surface area contributed by atoms with Crippen LogP contribution in [0.25, 0.3) is 0 Å². The highest BCUT2D eigenvalue weighted by Crippen LogP contribution is 2.22. The zero-order chi connectivity index (χ0) is 14.4. The molecule has 0 spiro atoms. The summed E-state index contributed by atoms with van der Waals surface area (Å²) in [5.74, 6) is 0.0209. The maximum Gasteiger partial charge on any atom is 0.345 e. The lowest BCUT2D eigenvalue weighted by Gasteiger charge is -2.03. The number of carboxylic acid groups (broad SMARTS) is 1. The number of aromatic carboxylic acids is 1. The number of carbonyl (C=O) groups is 2. The van der Waals surface area contributed by atoms with Gasteiger partial charge in [-0.2, -0.15) is 0 Å². The number of thioether (sulfide) groups is 1. The van der Waals surface area contributed by atoms with Gasteiger partial charge in [-0.25, -0.2) is 4.79 Å². The molecule has 0 atom stereocenters. The number of nitrogens with one attached hydrogen (secondary N) is 1. The number of amides is 1. The second-order valence-electron chi connectivity index (χ2n) is 4.00. The van der Waals surface area contributed by atoms with E-state index in [1.165, 1.54) is 23.4 Å². The molecule has 4 nitrogen and oxygen atoms in total. The molecular formula is C14H13NO3S2. The van der Waals surface area contributed by atoms with Gasteiger partial charge in [-0.1, -0.05) is 30.3 Å². The number of carbonyl (C=O) groups excluding carboxylic acids is 1. The maximum absolute atomic E-state index is 11.7. The van der Waals surface area contributed by atoms with Crippen LogP contribution in [-0.4, -0.2) is 22.7 Å². The lowest BCUT2D eigenvalue weighted by Crippen LogP contribution is -2.13. The Labute approximate surface area is 124 Å². The monoisotopic (exact) mass is 307 g/mol. The fourth-order valence-corrected chi connectivity index (χ4v) is 3.08. The topological polar surface area (TPSA) is 66.4 Å². The molecule has 1 aromatic heterocycles. The maximum atomic E-state index is 11.7. The number of rotatable bonds is 6. The average Bonchev–Trinajstić information content (AvgIpc) is 2.88. The number of hydrogen-bond acceptors (Lipinski definition) is 4. The van der Waals surface area contributed by atoms with Gasteiger partial charge in [0.15, 0.2) is 0 Å². The molecule has 2 N–H and O–H groups in total. The minimum Gasteiger partial charge on any atom is -0.477 e. The normalized spacial score (nSPS) is 10.2. The highest BCUT2D eigenvalue weighted by molar-refractivity contribution is 7.99. The van der Waals surface area contributed by atoms with E-state index in [1.54, 1.807) is 6.07 Å². The fourth-order valence-electron chi connectivity index (χ4n) is 1.53. The summed E-state index contributed by atoms with van der Waals surface area (Å²) in [5, 5.41) is 12.1. The smallest absolute Gasteiger partial charge is 0.345 e. The molecule has 0 unspecified atom stereocenters. The van der Waals surface area contributed by atoms with Crippen molar-refractivity contribution in [2.45, 2.75) is 5.75 Å². The van der Waals surface area contributed by atoms with E-state index in [0.29, 0.717) is 10.8 Å². The standard InChI is InChI=1S/C14H13NO3S2/c16-12(9-19-8-10-4-2-1-3-5-10)15-13-7-6-11(20-13)14(17)18/h1-7H,8-9H2,(H,15,16)(H,17,18). The molecule has 0 aliphatic carbocycles. The Morgan fingerprint density at radius 2 is 1.90 bits per heavy atom. The SMILES string of the molecule is O=C(CSCc1ccccc1)Nc1ccc(C(=O)O)s1. The van der Waals surface area contributed by atoms with Gasteiger partial charge in [-0.05, 0) is 17.7 Å². The van der Waals surface area contributed by atoms with Crippen LogP contribution in [0.1, 0.15) is 15.2 Å². The zero-order valence-corrected chi connectivity index (χ0v) is 12.2. The third-order valence-electron chi connectivity index (χ3n) is 2.42. The first-order valence-electron chi connectivity index (χ1n) is 5.90. The van der Waals surface area contributed by atoms with Crippen LogP contribution in [0.15, 0.2) is 42.5 Å². The van der Waals surface area contributed by atoms with Crippen LogP contribution in [-0.2, 0) is 10.5 Å². The summed E-state index contributed by atoms with van der Waals surface area (Å²) < 4.78 is 0. The van der Waals surface area contributed by atoms with Gasteiger partial charge in [-0.15, -0.1) is 23.1 Å². The second kappa shape index (κ2) is 7.12. The van der Waals surface area contributed by atoms with Gasteiger partial charge in [-0.3, -0.25) is 4.79 Å². The van der Waals surface area contributed by atoms with Gasteiger partial charge in [0, 0.05) is 5.75 Å². The summed E-state index contributed by atoms with van der Waals surface area (Å²) in [7, 11) is 0. The largest absolute Gasteiger partial charge is 0.477 e. The molecule has 0 fully saturated rings. The lowest BCUT2D eigenvalue weighted by molar-refractivity contribution is -0.113. The Hall–Kier alpha value is -1.79. The molecule has 1 amide bonds. The number of thiophene rings is 1. The van der Waals surface area contributed by atoms with Crippen molar-refractivity contribution in [3.8, 4) is 0 Å². The molecular weight excluding hydrogens is 294 g/mol. The van der Waals surface area contributed by atoms with Crippen molar-refractivity contribution in [1.82, 2.24) is 0 Å². The summed E-state index contributed by atoms with van der Waals surface area (Å²) in [6, 6.07) is 13.0. The molecule has 0 radical (unpaired) electrons. The Morgan fingerprint density at radius 3 is 2.55 bits per heavy atom. The van der Waals surface area contributed by atoms with E-state index in [9.17, 15) is 9.59 Å². The molecule has 0 saturated heterocycles. The summed E-state index contributed by atoms with van der Waals surface area (Å²) in [4.78, 5) is 22.7. The van der Waals surface area contributed by atoms with Crippen LogP contribution >= 0.6 is 23.1 Å². The van der Waals surface area contributed by atoms with Crippen molar-refractivity contribution in [2.24, 2.45) is 0 Å². The van der Waals surface area contributed by atoms with Crippen LogP contribution in [0.2, 0.25) is 0 Å². The molecule has 20 heavy (non-hydrogen) atoms. The van der Waals surface area contributed by atoms with E-state index in [0.717, 1.165) is 17.1 Å². The number of hydrogen-bond donors (Lipinski definition) is 2. The summed E-state index contributed by atoms with van der Waals surface area (Å²) >= 11 is 2.58. The number of benzene rings is 1. The van der Waals surface area contributed by atoms with Gasteiger partial charge in [0.05, 0.1) is 10.8 Å². The molecule has 0 aliphatic rings. The number of anilines is 1. The lowest BCUT2D eigenvalue weighted by atomic mass is 10.2. The van der Waals surface area contributed by atoms with Crippen LogP contribution in [0.4, 0.5) is 5.00 Å². The van der Waals surface area contributed by atoms with Gasteiger partial charge in [0.25, 0.3) is 0 Å². The van der Waals surface area contributed by atoms with Gasteiger partial charge in [0.1, 0.15) is 4.88 Å². The van der Waals surface area contributed by atoms with Crippen LogP contribution in [0.5, 0.6) is 0 Å². The highest BCUT2D eigenvalue weighted by atomic mass is 32.2. The summed E-state index contributed by atoms with van der Waals surface area (Å²) in [6.45, 7) is 0. The van der Waals surface area contributed by atoms with Crippen LogP contribution in [0, 0.1) is 0 Å². The molecule has 0 saturated carbocycles. The predicted octanol–water partition coefficient (Wildman–Crippen LogP) is 3.32. The minimum absolute atomic E-state index is 0.121. The van der Waals surface area contributed by atoms with Gasteiger partial charge < -0.3 is 10.4 Å². The first-order valence-corrected chi connectivity index (χ1v) is 7.87. The van der Waals surface area contributed by atoms with Crippen molar-refractivity contribution >= 4 is 40.0 Å². The van der Waals surface area contributed by atoms with E-state index >= 15 is 0 Å². The van der Waals surface area contributed by atoms with E-state index in [1.807, 2.05) is 30.3 Å². The molecule has 1 heterocycles. The van der Waals surface area contributed by atoms with Crippen LogP contribution in [0.3, 0.4) is 0 Å². The second-order valence-corrected chi connectivity index (χ2v) is 6.06. The van der Waals surface area contributed by atoms with Crippen molar-refractivity contribution < 1.29 is 14.7 Å². The molecule has 2 rings (SSSR count). The van der Waals surface area contributed by atoms with E-state index in [4.69, 9.17) is 5.11 Å². The first kappa shape index (κ1) is 14.6. The van der Waals surface area contributed by atoms with Crippen molar-refractivity contribution in [3.63, 3.8) is 0 Å². The fraction of sp³-hybridized carbons (Fsp3) is 0.143. The van der Waals surface area contributed by atoms with E-state index < -0.39 is 5.97 Å². The molecule has 2 aromatic rings. The Balaban J connectivity index is 1.76. The zero-order valence-electron chi connectivity index (χ0n) is 10.5. The minimum atomic E-state index is -0.978. The van der Waals surface area contributed by atoms with Crippen molar-refractivity contribution in [1.29, 1.82) is 0 Å². The highest BCUT2D eigenvalue weighted by Gasteiger charge is 2.09. The molecule has 0 bridgehead atoms. The third kappa shape index (κ3) is 4.40. The van der Waals surface area contributed by atoms with Gasteiger partial charge >= 0.3 is 5.97 Å². The Bertz CT molecular complexity index is 595. The first-order chi connectivity index (χ1) is 9.65.